The lowest BCUT2D eigenvalue weighted by Gasteiger charge is -2.06. The van der Waals surface area contributed by atoms with E-state index in [2.05, 4.69) is 40.4 Å². The third-order valence-electron chi connectivity index (χ3n) is 3.27. The van der Waals surface area contributed by atoms with Crippen LogP contribution in [0.25, 0.3) is 11.0 Å². The van der Waals surface area contributed by atoms with E-state index in [-0.39, 0.29) is 0 Å². The Morgan fingerprint density at radius 1 is 1.37 bits per heavy atom. The summed E-state index contributed by atoms with van der Waals surface area (Å²) in [5.41, 5.74) is 9.24. The summed E-state index contributed by atoms with van der Waals surface area (Å²) in [4.78, 5) is 7.69. The molecule has 2 rings (SSSR count). The predicted molar refractivity (Wildman–Crippen MR) is 80.3 cm³/mol. The summed E-state index contributed by atoms with van der Waals surface area (Å²) in [5.74, 6) is 0.973. The summed E-state index contributed by atoms with van der Waals surface area (Å²) in [6.45, 7) is 6.10. The zero-order valence-corrected chi connectivity index (χ0v) is 11.9. The molecule has 1 atom stereocenters. The number of aryl methyl sites for hydroxylation is 1. The van der Waals surface area contributed by atoms with Crippen LogP contribution in [0.15, 0.2) is 18.2 Å². The minimum Gasteiger partial charge on any atom is -0.342 e. The number of imidazole rings is 1. The van der Waals surface area contributed by atoms with E-state index < -0.39 is 0 Å². The van der Waals surface area contributed by atoms with Gasteiger partial charge in [0.2, 0.25) is 0 Å². The van der Waals surface area contributed by atoms with Gasteiger partial charge in [-0.3, -0.25) is 0 Å². The second kappa shape index (κ2) is 6.68. The van der Waals surface area contributed by atoms with Crippen LogP contribution >= 0.6 is 0 Å². The van der Waals surface area contributed by atoms with Crippen molar-refractivity contribution in [2.45, 2.75) is 39.2 Å². The van der Waals surface area contributed by atoms with Gasteiger partial charge in [0.15, 0.2) is 0 Å². The molecule has 0 bridgehead atoms. The molecule has 2 aromatic rings. The zero-order valence-electron chi connectivity index (χ0n) is 11.9. The van der Waals surface area contributed by atoms with E-state index >= 15 is 0 Å². The van der Waals surface area contributed by atoms with Crippen LogP contribution in [0, 0.1) is 6.92 Å². The first kappa shape index (κ1) is 14.0. The molecule has 1 aromatic carbocycles. The fourth-order valence-corrected chi connectivity index (χ4v) is 2.25. The Hall–Kier alpha value is -1.39. The largest absolute Gasteiger partial charge is 0.342 e. The number of nitrogens with zero attached hydrogens (tertiary/aromatic N) is 1. The van der Waals surface area contributed by atoms with E-state index in [4.69, 9.17) is 5.73 Å². The van der Waals surface area contributed by atoms with Crippen LogP contribution < -0.4 is 11.1 Å². The lowest BCUT2D eigenvalue weighted by Crippen LogP contribution is -2.21. The SMILES string of the molecule is Cc1nc2ccc(CCNCCCC(C)N)cc2[nH]1. The van der Waals surface area contributed by atoms with Crippen LogP contribution in [-0.2, 0) is 6.42 Å². The third-order valence-corrected chi connectivity index (χ3v) is 3.27. The first-order valence-electron chi connectivity index (χ1n) is 7.06. The highest BCUT2D eigenvalue weighted by atomic mass is 14.9. The third kappa shape index (κ3) is 4.33. The quantitative estimate of drug-likeness (QED) is 0.668. The smallest absolute Gasteiger partial charge is 0.104 e. The van der Waals surface area contributed by atoms with Gasteiger partial charge in [0.25, 0.3) is 0 Å². The fraction of sp³-hybridized carbons (Fsp3) is 0.533. The lowest BCUT2D eigenvalue weighted by atomic mass is 10.1. The van der Waals surface area contributed by atoms with Gasteiger partial charge >= 0.3 is 0 Å². The van der Waals surface area contributed by atoms with Crippen molar-refractivity contribution < 1.29 is 0 Å². The first-order chi connectivity index (χ1) is 9.15. The average Bonchev–Trinajstić information content (AvgIpc) is 2.72. The summed E-state index contributed by atoms with van der Waals surface area (Å²) in [6, 6.07) is 6.75. The second-order valence-electron chi connectivity index (χ2n) is 5.29. The number of benzene rings is 1. The summed E-state index contributed by atoms with van der Waals surface area (Å²) >= 11 is 0. The van der Waals surface area contributed by atoms with Crippen LogP contribution in [0.1, 0.15) is 31.2 Å². The van der Waals surface area contributed by atoms with Crippen LogP contribution in [0.3, 0.4) is 0 Å². The molecular weight excluding hydrogens is 236 g/mol. The Labute approximate surface area is 114 Å². The average molecular weight is 260 g/mol. The molecule has 0 spiro atoms. The number of nitrogens with two attached hydrogens (primary N) is 1. The van der Waals surface area contributed by atoms with Gasteiger partial charge in [0.1, 0.15) is 5.82 Å². The van der Waals surface area contributed by atoms with Gasteiger partial charge in [-0.2, -0.15) is 0 Å². The van der Waals surface area contributed by atoms with Crippen LogP contribution in [-0.4, -0.2) is 29.1 Å². The Morgan fingerprint density at radius 3 is 3.00 bits per heavy atom. The molecule has 0 aliphatic carbocycles. The van der Waals surface area contributed by atoms with E-state index in [9.17, 15) is 0 Å². The van der Waals surface area contributed by atoms with Gasteiger partial charge in [-0.1, -0.05) is 6.07 Å². The van der Waals surface area contributed by atoms with Crippen molar-refractivity contribution in [3.63, 3.8) is 0 Å². The molecule has 4 heteroatoms. The maximum absolute atomic E-state index is 5.72. The standard InChI is InChI=1S/C15H24N4/c1-11(16)4-3-8-17-9-7-13-5-6-14-15(10-13)19-12(2)18-14/h5-6,10-11,17H,3-4,7-9,16H2,1-2H3,(H,18,19). The molecule has 0 radical (unpaired) electrons. The first-order valence-corrected chi connectivity index (χ1v) is 7.06. The Kier molecular flexibility index (Phi) is 4.93. The molecule has 1 aromatic heterocycles. The minimum atomic E-state index is 0.313. The molecule has 1 unspecified atom stereocenters. The zero-order chi connectivity index (χ0) is 13.7. The highest BCUT2D eigenvalue weighted by molar-refractivity contribution is 5.75. The van der Waals surface area contributed by atoms with Gasteiger partial charge in [-0.05, 0) is 63.9 Å². The maximum Gasteiger partial charge on any atom is 0.104 e. The number of hydrogen-bond donors (Lipinski definition) is 3. The van der Waals surface area contributed by atoms with Crippen molar-refractivity contribution in [2.75, 3.05) is 13.1 Å². The van der Waals surface area contributed by atoms with E-state index in [1.54, 1.807) is 0 Å². The highest BCUT2D eigenvalue weighted by Crippen LogP contribution is 2.13. The number of hydrogen-bond acceptors (Lipinski definition) is 3. The van der Waals surface area contributed by atoms with Gasteiger partial charge in [0, 0.05) is 6.04 Å². The highest BCUT2D eigenvalue weighted by Gasteiger charge is 2.01. The van der Waals surface area contributed by atoms with E-state index in [1.165, 1.54) is 5.56 Å². The normalized spacial score (nSPS) is 13.0. The number of rotatable bonds is 7. The molecule has 1 heterocycles. The lowest BCUT2D eigenvalue weighted by molar-refractivity contribution is 0.575. The van der Waals surface area contributed by atoms with Gasteiger partial charge in [-0.25, -0.2) is 4.98 Å². The summed E-state index contributed by atoms with van der Waals surface area (Å²) in [6.07, 6.45) is 3.29. The van der Waals surface area contributed by atoms with E-state index in [0.29, 0.717) is 6.04 Å². The minimum absolute atomic E-state index is 0.313. The van der Waals surface area contributed by atoms with Crippen molar-refractivity contribution in [3.05, 3.63) is 29.6 Å². The summed E-state index contributed by atoms with van der Waals surface area (Å²) < 4.78 is 0. The van der Waals surface area contributed by atoms with Crippen LogP contribution in [0.5, 0.6) is 0 Å². The number of fused-ring (bicyclic) bond motifs is 1. The van der Waals surface area contributed by atoms with Crippen molar-refractivity contribution in [2.24, 2.45) is 5.73 Å². The predicted octanol–water partition coefficient (Wildman–Crippen LogP) is 2.13. The molecule has 0 saturated carbocycles. The van der Waals surface area contributed by atoms with Crippen LogP contribution in [0.2, 0.25) is 0 Å². The molecule has 0 fully saturated rings. The van der Waals surface area contributed by atoms with Crippen molar-refractivity contribution >= 4 is 11.0 Å². The van der Waals surface area contributed by atoms with Crippen molar-refractivity contribution in [1.29, 1.82) is 0 Å². The summed E-state index contributed by atoms with van der Waals surface area (Å²) in [5, 5.41) is 3.46. The van der Waals surface area contributed by atoms with E-state index in [0.717, 1.165) is 49.2 Å². The number of aromatic nitrogens is 2. The molecular formula is C15H24N4. The molecule has 104 valence electrons. The molecule has 0 saturated heterocycles. The molecule has 0 amide bonds. The van der Waals surface area contributed by atoms with Gasteiger partial charge < -0.3 is 16.0 Å². The Morgan fingerprint density at radius 2 is 2.21 bits per heavy atom. The number of aromatic amines is 1. The van der Waals surface area contributed by atoms with Gasteiger partial charge in [-0.15, -0.1) is 0 Å². The molecule has 4 nitrogen and oxygen atoms in total. The fourth-order valence-electron chi connectivity index (χ4n) is 2.25. The topological polar surface area (TPSA) is 66.7 Å². The molecule has 19 heavy (non-hydrogen) atoms. The Balaban J connectivity index is 1.75. The van der Waals surface area contributed by atoms with Gasteiger partial charge in [0.05, 0.1) is 11.0 Å². The molecule has 0 aliphatic rings. The summed E-state index contributed by atoms with van der Waals surface area (Å²) in [7, 11) is 0. The second-order valence-corrected chi connectivity index (χ2v) is 5.29. The molecule has 4 N–H and O–H groups in total. The van der Waals surface area contributed by atoms with Crippen molar-refractivity contribution in [1.82, 2.24) is 15.3 Å². The molecule has 0 aliphatic heterocycles. The maximum atomic E-state index is 5.72. The van der Waals surface area contributed by atoms with Crippen LogP contribution in [0.4, 0.5) is 0 Å². The number of nitrogens with one attached hydrogen (secondary N) is 2. The van der Waals surface area contributed by atoms with Crippen molar-refractivity contribution in [3.8, 4) is 0 Å². The van der Waals surface area contributed by atoms with E-state index in [1.807, 2.05) is 6.92 Å². The monoisotopic (exact) mass is 260 g/mol. The Bertz CT molecular complexity index is 516. The number of H-pyrrole nitrogens is 1.